The maximum Gasteiger partial charge on any atom is 0.258 e. The Balaban J connectivity index is 0.00000210. The minimum atomic E-state index is -0.233. The first-order valence-corrected chi connectivity index (χ1v) is 9.74. The number of carbonyl (C=O) groups excluding carboxylic acids is 1. The summed E-state index contributed by atoms with van der Waals surface area (Å²) in [7, 11) is 0. The highest BCUT2D eigenvalue weighted by molar-refractivity contribution is 7.14. The molecule has 140 valence electrons. The first-order chi connectivity index (χ1) is 12.7. The number of hydrogen-bond acceptors (Lipinski definition) is 4. The van der Waals surface area contributed by atoms with Crippen LogP contribution in [0.2, 0.25) is 5.02 Å². The monoisotopic (exact) mass is 419 g/mol. The van der Waals surface area contributed by atoms with Crippen LogP contribution in [0.25, 0.3) is 0 Å². The van der Waals surface area contributed by atoms with Gasteiger partial charge in [0.2, 0.25) is 0 Å². The number of fused-ring (bicyclic) bond motifs is 1. The smallest absolute Gasteiger partial charge is 0.258 e. The number of carbonyl (C=O) groups is 1. The fraction of sp³-hybridized carbons (Fsp3) is 0.200. The van der Waals surface area contributed by atoms with Crippen molar-refractivity contribution in [3.63, 3.8) is 0 Å². The number of rotatable bonds is 4. The molecular formula is C20H19Cl2N3OS. The predicted octanol–water partition coefficient (Wildman–Crippen LogP) is 5.03. The van der Waals surface area contributed by atoms with Gasteiger partial charge in [0.1, 0.15) is 0 Å². The molecule has 7 heteroatoms. The van der Waals surface area contributed by atoms with Crippen LogP contribution in [0, 0.1) is 0 Å². The third kappa shape index (κ3) is 4.68. The summed E-state index contributed by atoms with van der Waals surface area (Å²) >= 11 is 7.52. The first-order valence-electron chi connectivity index (χ1n) is 8.48. The number of nitrogens with zero attached hydrogens (tertiary/aromatic N) is 2. The van der Waals surface area contributed by atoms with Gasteiger partial charge in [0, 0.05) is 25.0 Å². The normalized spacial score (nSPS) is 13.5. The van der Waals surface area contributed by atoms with Crippen LogP contribution in [0.15, 0.2) is 53.9 Å². The SMILES string of the molecule is Cl.O=C(Nc1nc(CN2CCc3ccccc3C2)cs1)c1ccccc1Cl. The van der Waals surface area contributed by atoms with Crippen molar-refractivity contribution >= 4 is 46.4 Å². The molecule has 0 unspecified atom stereocenters. The number of aromatic nitrogens is 1. The Labute approximate surface area is 173 Å². The number of halogens is 2. The summed E-state index contributed by atoms with van der Waals surface area (Å²) in [4.78, 5) is 19.3. The summed E-state index contributed by atoms with van der Waals surface area (Å²) in [5.74, 6) is -0.233. The summed E-state index contributed by atoms with van der Waals surface area (Å²) in [6, 6.07) is 15.6. The molecule has 0 radical (unpaired) electrons. The van der Waals surface area contributed by atoms with Crippen molar-refractivity contribution in [3.8, 4) is 0 Å². The van der Waals surface area contributed by atoms with Crippen LogP contribution in [0.5, 0.6) is 0 Å². The average molecular weight is 420 g/mol. The molecule has 1 aliphatic heterocycles. The van der Waals surface area contributed by atoms with Gasteiger partial charge in [-0.1, -0.05) is 48.0 Å². The topological polar surface area (TPSA) is 45.2 Å². The Morgan fingerprint density at radius 1 is 1.15 bits per heavy atom. The van der Waals surface area contributed by atoms with Gasteiger partial charge in [-0.15, -0.1) is 23.7 Å². The fourth-order valence-corrected chi connectivity index (χ4v) is 4.08. The van der Waals surface area contributed by atoms with Crippen molar-refractivity contribution in [2.24, 2.45) is 0 Å². The zero-order valence-corrected chi connectivity index (χ0v) is 16.9. The molecule has 1 aliphatic rings. The van der Waals surface area contributed by atoms with Crippen LogP contribution in [0.1, 0.15) is 27.2 Å². The minimum absolute atomic E-state index is 0. The third-order valence-electron chi connectivity index (χ3n) is 4.49. The van der Waals surface area contributed by atoms with E-state index in [1.165, 1.54) is 22.5 Å². The van der Waals surface area contributed by atoms with Crippen LogP contribution >= 0.6 is 35.3 Å². The number of anilines is 1. The lowest BCUT2D eigenvalue weighted by Crippen LogP contribution is -2.30. The van der Waals surface area contributed by atoms with E-state index in [-0.39, 0.29) is 18.3 Å². The minimum Gasteiger partial charge on any atom is -0.298 e. The van der Waals surface area contributed by atoms with Crippen LogP contribution in [0.3, 0.4) is 0 Å². The highest BCUT2D eigenvalue weighted by Crippen LogP contribution is 2.23. The molecule has 0 saturated carbocycles. The second-order valence-electron chi connectivity index (χ2n) is 6.31. The Morgan fingerprint density at radius 2 is 1.89 bits per heavy atom. The first kappa shape index (κ1) is 19.8. The second-order valence-corrected chi connectivity index (χ2v) is 7.57. The highest BCUT2D eigenvalue weighted by Gasteiger charge is 2.17. The molecule has 1 aromatic heterocycles. The van der Waals surface area contributed by atoms with Gasteiger partial charge in [0.05, 0.1) is 16.3 Å². The molecule has 1 N–H and O–H groups in total. The van der Waals surface area contributed by atoms with Gasteiger partial charge in [-0.3, -0.25) is 15.0 Å². The number of benzene rings is 2. The Bertz CT molecular complexity index is 944. The van der Waals surface area contributed by atoms with Gasteiger partial charge in [0.25, 0.3) is 5.91 Å². The Kier molecular flexibility index (Phi) is 6.50. The lowest BCUT2D eigenvalue weighted by atomic mass is 10.00. The van der Waals surface area contributed by atoms with Crippen LogP contribution in [-0.4, -0.2) is 22.3 Å². The molecule has 0 atom stereocenters. The van der Waals surface area contributed by atoms with Gasteiger partial charge in [-0.2, -0.15) is 0 Å². The largest absolute Gasteiger partial charge is 0.298 e. The zero-order valence-electron chi connectivity index (χ0n) is 14.5. The van der Waals surface area contributed by atoms with E-state index in [9.17, 15) is 4.79 Å². The molecule has 0 spiro atoms. The molecule has 0 saturated heterocycles. The lowest BCUT2D eigenvalue weighted by molar-refractivity contribution is 0.102. The van der Waals surface area contributed by atoms with Crippen LogP contribution < -0.4 is 5.32 Å². The van der Waals surface area contributed by atoms with Crippen LogP contribution in [0.4, 0.5) is 5.13 Å². The highest BCUT2D eigenvalue weighted by atomic mass is 35.5. The van der Waals surface area contributed by atoms with Gasteiger partial charge < -0.3 is 0 Å². The van der Waals surface area contributed by atoms with E-state index in [2.05, 4.69) is 39.5 Å². The van der Waals surface area contributed by atoms with Gasteiger partial charge >= 0.3 is 0 Å². The molecule has 3 aromatic rings. The summed E-state index contributed by atoms with van der Waals surface area (Å²) in [5, 5.41) is 5.88. The van der Waals surface area contributed by atoms with E-state index in [1.54, 1.807) is 24.3 Å². The predicted molar refractivity (Wildman–Crippen MR) is 113 cm³/mol. The number of thiazole rings is 1. The number of hydrogen-bond donors (Lipinski definition) is 1. The molecule has 4 nitrogen and oxygen atoms in total. The Hall–Kier alpha value is -1.92. The fourth-order valence-electron chi connectivity index (χ4n) is 3.17. The molecule has 0 fully saturated rings. The molecular weight excluding hydrogens is 401 g/mol. The summed E-state index contributed by atoms with van der Waals surface area (Å²) in [6.07, 6.45) is 1.07. The van der Waals surface area contributed by atoms with E-state index in [1.807, 2.05) is 5.38 Å². The number of amides is 1. The van der Waals surface area contributed by atoms with Crippen molar-refractivity contribution in [1.82, 2.24) is 9.88 Å². The quantitative estimate of drug-likeness (QED) is 0.644. The molecule has 1 amide bonds. The van der Waals surface area contributed by atoms with E-state index in [0.29, 0.717) is 15.7 Å². The maximum absolute atomic E-state index is 12.3. The molecule has 2 aromatic carbocycles. The molecule has 4 rings (SSSR count). The summed E-state index contributed by atoms with van der Waals surface area (Å²) in [5.41, 5.74) is 4.26. The molecule has 27 heavy (non-hydrogen) atoms. The molecule has 0 aliphatic carbocycles. The lowest BCUT2D eigenvalue weighted by Gasteiger charge is -2.27. The molecule has 2 heterocycles. The van der Waals surface area contributed by atoms with E-state index < -0.39 is 0 Å². The molecule has 0 bridgehead atoms. The second kappa shape index (κ2) is 8.85. The standard InChI is InChI=1S/C20H18ClN3OS.ClH/c21-18-8-4-3-7-17(18)19(25)23-20-22-16(13-26-20)12-24-10-9-14-5-1-2-6-15(14)11-24;/h1-8,13H,9-12H2,(H,22,23,25);1H. The van der Waals surface area contributed by atoms with Crippen molar-refractivity contribution in [1.29, 1.82) is 0 Å². The van der Waals surface area contributed by atoms with Gasteiger partial charge in [-0.05, 0) is 29.7 Å². The third-order valence-corrected chi connectivity index (χ3v) is 5.62. The van der Waals surface area contributed by atoms with E-state index in [0.717, 1.165) is 31.7 Å². The summed E-state index contributed by atoms with van der Waals surface area (Å²) in [6.45, 7) is 2.75. The van der Waals surface area contributed by atoms with Gasteiger partial charge in [0.15, 0.2) is 5.13 Å². The van der Waals surface area contributed by atoms with Crippen molar-refractivity contribution < 1.29 is 4.79 Å². The number of nitrogens with one attached hydrogen (secondary N) is 1. The summed E-state index contributed by atoms with van der Waals surface area (Å²) < 4.78 is 0. The van der Waals surface area contributed by atoms with Crippen molar-refractivity contribution in [2.45, 2.75) is 19.5 Å². The van der Waals surface area contributed by atoms with Crippen molar-refractivity contribution in [3.05, 3.63) is 81.3 Å². The van der Waals surface area contributed by atoms with E-state index in [4.69, 9.17) is 11.6 Å². The van der Waals surface area contributed by atoms with E-state index >= 15 is 0 Å². The zero-order chi connectivity index (χ0) is 17.9. The van der Waals surface area contributed by atoms with Gasteiger partial charge in [-0.25, -0.2) is 4.98 Å². The maximum atomic E-state index is 12.3. The van der Waals surface area contributed by atoms with Crippen LogP contribution in [-0.2, 0) is 19.5 Å². The Morgan fingerprint density at radius 3 is 2.70 bits per heavy atom. The van der Waals surface area contributed by atoms with Crippen molar-refractivity contribution in [2.75, 3.05) is 11.9 Å². The average Bonchev–Trinajstić information content (AvgIpc) is 3.08.